The van der Waals surface area contributed by atoms with E-state index in [1.54, 1.807) is 0 Å². The number of nitrogens with one attached hydrogen (secondary N) is 1. The number of nitrogens with two attached hydrogens (primary N) is 1. The molecule has 0 fully saturated rings. The third-order valence-electron chi connectivity index (χ3n) is 2.33. The summed E-state index contributed by atoms with van der Waals surface area (Å²) in [5, 5.41) is 0. The summed E-state index contributed by atoms with van der Waals surface area (Å²) in [4.78, 5) is 0. The van der Waals surface area contributed by atoms with Gasteiger partial charge < -0.3 is 5.73 Å². The largest absolute Gasteiger partial charge is 0.330 e. The van der Waals surface area contributed by atoms with Gasteiger partial charge in [0.2, 0.25) is 0 Å². The standard InChI is InChI=1S/C8H21N3O2S/c1-5-8(2,6-7-9)10-14(12,13)11(3)4/h10H,5-7,9H2,1-4H3. The Balaban J connectivity index is 4.62. The van der Waals surface area contributed by atoms with E-state index < -0.39 is 15.7 Å². The smallest absolute Gasteiger partial charge is 0.279 e. The van der Waals surface area contributed by atoms with Crippen LogP contribution in [0.3, 0.4) is 0 Å². The van der Waals surface area contributed by atoms with Crippen LogP contribution in [-0.2, 0) is 10.2 Å². The van der Waals surface area contributed by atoms with Crippen LogP contribution in [0.1, 0.15) is 26.7 Å². The lowest BCUT2D eigenvalue weighted by Gasteiger charge is -2.30. The third kappa shape index (κ3) is 3.91. The van der Waals surface area contributed by atoms with Crippen LogP contribution in [-0.4, -0.2) is 38.9 Å². The first kappa shape index (κ1) is 13.8. The van der Waals surface area contributed by atoms with Crippen molar-refractivity contribution in [3.63, 3.8) is 0 Å². The van der Waals surface area contributed by atoms with E-state index in [0.29, 0.717) is 13.0 Å². The number of hydrogen-bond acceptors (Lipinski definition) is 3. The molecule has 86 valence electrons. The van der Waals surface area contributed by atoms with E-state index in [1.165, 1.54) is 14.1 Å². The van der Waals surface area contributed by atoms with Crippen LogP contribution in [0.25, 0.3) is 0 Å². The molecule has 0 rings (SSSR count). The molecule has 0 radical (unpaired) electrons. The van der Waals surface area contributed by atoms with Crippen molar-refractivity contribution in [3.8, 4) is 0 Å². The van der Waals surface area contributed by atoms with Gasteiger partial charge in [-0.2, -0.15) is 17.4 Å². The van der Waals surface area contributed by atoms with Gasteiger partial charge in [0.25, 0.3) is 10.2 Å². The zero-order valence-corrected chi connectivity index (χ0v) is 10.2. The molecule has 0 aromatic rings. The first-order chi connectivity index (χ1) is 6.27. The fourth-order valence-corrected chi connectivity index (χ4v) is 2.07. The second-order valence-electron chi connectivity index (χ2n) is 3.84. The van der Waals surface area contributed by atoms with E-state index in [1.807, 2.05) is 13.8 Å². The minimum atomic E-state index is -3.36. The van der Waals surface area contributed by atoms with Crippen LogP contribution in [0.5, 0.6) is 0 Å². The van der Waals surface area contributed by atoms with Crippen LogP contribution in [0, 0.1) is 0 Å². The van der Waals surface area contributed by atoms with Gasteiger partial charge in [-0.1, -0.05) is 6.92 Å². The minimum Gasteiger partial charge on any atom is -0.330 e. The van der Waals surface area contributed by atoms with Gasteiger partial charge in [0.05, 0.1) is 0 Å². The topological polar surface area (TPSA) is 75.4 Å². The van der Waals surface area contributed by atoms with Gasteiger partial charge in [-0.05, 0) is 26.3 Å². The molecule has 14 heavy (non-hydrogen) atoms. The monoisotopic (exact) mass is 223 g/mol. The molecule has 0 aliphatic rings. The normalized spacial score (nSPS) is 17.0. The van der Waals surface area contributed by atoms with Crippen LogP contribution >= 0.6 is 0 Å². The molecule has 0 saturated carbocycles. The lowest BCUT2D eigenvalue weighted by molar-refractivity contribution is 0.366. The number of rotatable bonds is 6. The Labute approximate surface area is 86.8 Å². The molecule has 0 aromatic heterocycles. The van der Waals surface area contributed by atoms with Gasteiger partial charge in [0.15, 0.2) is 0 Å². The lowest BCUT2D eigenvalue weighted by Crippen LogP contribution is -2.50. The molecular weight excluding hydrogens is 202 g/mol. The van der Waals surface area contributed by atoms with Crippen LogP contribution in [0.2, 0.25) is 0 Å². The van der Waals surface area contributed by atoms with E-state index >= 15 is 0 Å². The molecule has 0 saturated heterocycles. The summed E-state index contributed by atoms with van der Waals surface area (Å²) >= 11 is 0. The molecule has 1 atom stereocenters. The van der Waals surface area contributed by atoms with Crippen molar-refractivity contribution < 1.29 is 8.42 Å². The Hall–Kier alpha value is -0.170. The maximum atomic E-state index is 11.6. The molecule has 0 aliphatic heterocycles. The number of hydrogen-bond donors (Lipinski definition) is 2. The SMILES string of the molecule is CCC(C)(CCN)NS(=O)(=O)N(C)C. The average Bonchev–Trinajstić information content (AvgIpc) is 2.03. The van der Waals surface area contributed by atoms with E-state index in [9.17, 15) is 8.42 Å². The Bertz CT molecular complexity index is 264. The summed E-state index contributed by atoms with van der Waals surface area (Å²) in [6, 6.07) is 0. The van der Waals surface area contributed by atoms with Gasteiger partial charge in [-0.3, -0.25) is 0 Å². The van der Waals surface area contributed by atoms with Crippen molar-refractivity contribution in [2.45, 2.75) is 32.2 Å². The van der Waals surface area contributed by atoms with Gasteiger partial charge in [0.1, 0.15) is 0 Å². The first-order valence-corrected chi connectivity index (χ1v) is 6.13. The van der Waals surface area contributed by atoms with Gasteiger partial charge >= 0.3 is 0 Å². The van der Waals surface area contributed by atoms with Crippen LogP contribution in [0.15, 0.2) is 0 Å². The molecule has 0 aromatic carbocycles. The molecule has 0 aliphatic carbocycles. The predicted octanol–water partition coefficient (Wildman–Crippen LogP) is -0.100. The van der Waals surface area contributed by atoms with E-state index in [-0.39, 0.29) is 0 Å². The highest BCUT2D eigenvalue weighted by Gasteiger charge is 2.28. The summed E-state index contributed by atoms with van der Waals surface area (Å²) in [6.07, 6.45) is 1.36. The Kier molecular flexibility index (Phi) is 5.00. The predicted molar refractivity (Wildman–Crippen MR) is 58.1 cm³/mol. The van der Waals surface area contributed by atoms with E-state index in [0.717, 1.165) is 10.7 Å². The summed E-state index contributed by atoms with van der Waals surface area (Å²) in [6.45, 7) is 4.27. The maximum Gasteiger partial charge on any atom is 0.279 e. The van der Waals surface area contributed by atoms with Gasteiger partial charge in [0, 0.05) is 19.6 Å². The Morgan fingerprint density at radius 2 is 1.93 bits per heavy atom. The fourth-order valence-electron chi connectivity index (χ4n) is 1.02. The van der Waals surface area contributed by atoms with Gasteiger partial charge in [-0.15, -0.1) is 0 Å². The van der Waals surface area contributed by atoms with Crippen LogP contribution < -0.4 is 10.5 Å². The second-order valence-corrected chi connectivity index (χ2v) is 5.73. The van der Waals surface area contributed by atoms with Crippen molar-refractivity contribution in [2.75, 3.05) is 20.6 Å². The summed E-state index contributed by atoms with van der Waals surface area (Å²) in [7, 11) is -0.361. The zero-order valence-electron chi connectivity index (χ0n) is 9.37. The minimum absolute atomic E-state index is 0.447. The molecule has 6 heteroatoms. The summed E-state index contributed by atoms with van der Waals surface area (Å²) < 4.78 is 26.9. The van der Waals surface area contributed by atoms with Crippen molar-refractivity contribution in [2.24, 2.45) is 5.73 Å². The van der Waals surface area contributed by atoms with Crippen molar-refractivity contribution in [1.29, 1.82) is 0 Å². The highest BCUT2D eigenvalue weighted by Crippen LogP contribution is 2.15. The third-order valence-corrected chi connectivity index (χ3v) is 4.04. The molecule has 0 bridgehead atoms. The molecule has 1 unspecified atom stereocenters. The van der Waals surface area contributed by atoms with Gasteiger partial charge in [-0.25, -0.2) is 0 Å². The van der Waals surface area contributed by atoms with Crippen LogP contribution in [0.4, 0.5) is 0 Å². The second kappa shape index (κ2) is 5.06. The Morgan fingerprint density at radius 1 is 1.43 bits per heavy atom. The molecule has 0 spiro atoms. The lowest BCUT2D eigenvalue weighted by atomic mass is 9.96. The highest BCUT2D eigenvalue weighted by molar-refractivity contribution is 7.87. The summed E-state index contributed by atoms with van der Waals surface area (Å²) in [5.41, 5.74) is 4.99. The molecule has 0 heterocycles. The molecule has 0 amide bonds. The number of nitrogens with zero attached hydrogens (tertiary/aromatic N) is 1. The maximum absolute atomic E-state index is 11.6. The average molecular weight is 223 g/mol. The zero-order chi connectivity index (χ0) is 11.4. The van der Waals surface area contributed by atoms with Crippen molar-refractivity contribution in [3.05, 3.63) is 0 Å². The highest BCUT2D eigenvalue weighted by atomic mass is 32.2. The Morgan fingerprint density at radius 3 is 2.21 bits per heavy atom. The quantitative estimate of drug-likeness (QED) is 0.660. The van der Waals surface area contributed by atoms with Crippen molar-refractivity contribution >= 4 is 10.2 Å². The fraction of sp³-hybridized carbons (Fsp3) is 1.00. The van der Waals surface area contributed by atoms with E-state index in [4.69, 9.17) is 5.73 Å². The van der Waals surface area contributed by atoms with Crippen molar-refractivity contribution in [1.82, 2.24) is 9.03 Å². The molecular formula is C8H21N3O2S. The van der Waals surface area contributed by atoms with E-state index in [2.05, 4.69) is 4.72 Å². The first-order valence-electron chi connectivity index (χ1n) is 4.69. The summed E-state index contributed by atoms with van der Waals surface area (Å²) in [5.74, 6) is 0. The molecule has 5 nitrogen and oxygen atoms in total. The molecule has 3 N–H and O–H groups in total.